The first-order valence-corrected chi connectivity index (χ1v) is 5.88. The fourth-order valence-electron chi connectivity index (χ4n) is 1.97. The third kappa shape index (κ3) is 2.49. The number of benzene rings is 2. The topological polar surface area (TPSA) is 26.0 Å². The lowest BCUT2D eigenvalue weighted by Gasteiger charge is -2.16. The van der Waals surface area contributed by atoms with E-state index in [0.717, 1.165) is 5.56 Å². The summed E-state index contributed by atoms with van der Waals surface area (Å²) >= 11 is 0. The van der Waals surface area contributed by atoms with E-state index in [1.807, 2.05) is 0 Å². The molecule has 1 atom stereocenters. The van der Waals surface area contributed by atoms with Crippen LogP contribution < -0.4 is 5.73 Å². The number of rotatable bonds is 2. The summed E-state index contributed by atoms with van der Waals surface area (Å²) in [6.45, 7) is 3.24. The van der Waals surface area contributed by atoms with Gasteiger partial charge in [-0.3, -0.25) is 0 Å². The summed E-state index contributed by atoms with van der Waals surface area (Å²) < 4.78 is 41.1. The van der Waals surface area contributed by atoms with E-state index >= 15 is 0 Å². The molecule has 1 unspecified atom stereocenters. The van der Waals surface area contributed by atoms with Gasteiger partial charge in [-0.05, 0) is 25.5 Å². The number of nitrogens with two attached hydrogens (primary N) is 1. The predicted molar refractivity (Wildman–Crippen MR) is 68.3 cm³/mol. The third-order valence-electron chi connectivity index (χ3n) is 3.13. The average Bonchev–Trinajstić information content (AvgIpc) is 2.38. The van der Waals surface area contributed by atoms with Gasteiger partial charge in [0.2, 0.25) is 0 Å². The second kappa shape index (κ2) is 5.05. The molecule has 4 heteroatoms. The number of hydrogen-bond acceptors (Lipinski definition) is 1. The van der Waals surface area contributed by atoms with E-state index < -0.39 is 23.5 Å². The summed E-state index contributed by atoms with van der Waals surface area (Å²) in [5.41, 5.74) is 6.96. The van der Waals surface area contributed by atoms with Crippen molar-refractivity contribution in [2.24, 2.45) is 5.73 Å². The maximum absolute atomic E-state index is 13.9. The quantitative estimate of drug-likeness (QED) is 0.878. The molecule has 1 nitrogen and oxygen atoms in total. The molecule has 100 valence electrons. The van der Waals surface area contributed by atoms with Gasteiger partial charge in [0, 0.05) is 11.1 Å². The van der Waals surface area contributed by atoms with E-state index in [0.29, 0.717) is 0 Å². The molecule has 0 aliphatic heterocycles. The maximum Gasteiger partial charge on any atom is 0.164 e. The molecule has 2 rings (SSSR count). The van der Waals surface area contributed by atoms with Gasteiger partial charge in [-0.1, -0.05) is 29.8 Å². The first-order valence-electron chi connectivity index (χ1n) is 5.88. The van der Waals surface area contributed by atoms with Crippen molar-refractivity contribution in [3.63, 3.8) is 0 Å². The smallest absolute Gasteiger partial charge is 0.164 e. The zero-order valence-electron chi connectivity index (χ0n) is 10.7. The van der Waals surface area contributed by atoms with Crippen LogP contribution in [0.4, 0.5) is 13.2 Å². The minimum Gasteiger partial charge on any atom is -0.320 e. The van der Waals surface area contributed by atoms with E-state index in [9.17, 15) is 13.2 Å². The molecule has 2 N–H and O–H groups in total. The van der Waals surface area contributed by atoms with Gasteiger partial charge in [0.05, 0.1) is 6.04 Å². The van der Waals surface area contributed by atoms with Crippen LogP contribution >= 0.6 is 0 Å². The van der Waals surface area contributed by atoms with Gasteiger partial charge in [-0.15, -0.1) is 0 Å². The van der Waals surface area contributed by atoms with E-state index in [1.54, 1.807) is 13.0 Å². The molecular weight excluding hydrogens is 251 g/mol. The van der Waals surface area contributed by atoms with Crippen LogP contribution in [0.15, 0.2) is 30.3 Å². The van der Waals surface area contributed by atoms with Crippen LogP contribution in [0.25, 0.3) is 0 Å². The van der Waals surface area contributed by atoms with Crippen LogP contribution in [-0.2, 0) is 0 Å². The Morgan fingerprint density at radius 1 is 0.895 bits per heavy atom. The van der Waals surface area contributed by atoms with Gasteiger partial charge in [0.25, 0.3) is 0 Å². The van der Waals surface area contributed by atoms with E-state index in [1.165, 1.54) is 31.2 Å². The summed E-state index contributed by atoms with van der Waals surface area (Å²) in [6, 6.07) is 6.19. The molecule has 2 aromatic carbocycles. The number of hydrogen-bond donors (Lipinski definition) is 1. The van der Waals surface area contributed by atoms with Crippen molar-refractivity contribution in [2.75, 3.05) is 0 Å². The third-order valence-corrected chi connectivity index (χ3v) is 3.13. The Labute approximate surface area is 109 Å². The molecule has 2 aromatic rings. The van der Waals surface area contributed by atoms with Crippen molar-refractivity contribution in [3.8, 4) is 0 Å². The minimum atomic E-state index is -1.03. The summed E-state index contributed by atoms with van der Waals surface area (Å²) in [5.74, 6) is -2.49. The van der Waals surface area contributed by atoms with Crippen LogP contribution in [-0.4, -0.2) is 0 Å². The second-order valence-corrected chi connectivity index (χ2v) is 4.60. The van der Waals surface area contributed by atoms with Crippen LogP contribution in [0.5, 0.6) is 0 Å². The van der Waals surface area contributed by atoms with Gasteiger partial charge in [-0.2, -0.15) is 0 Å². The fraction of sp³-hybridized carbons (Fsp3) is 0.200. The highest BCUT2D eigenvalue weighted by Crippen LogP contribution is 2.27. The Morgan fingerprint density at radius 2 is 1.58 bits per heavy atom. The first-order chi connectivity index (χ1) is 8.91. The van der Waals surface area contributed by atoms with Crippen molar-refractivity contribution in [1.82, 2.24) is 0 Å². The Kier molecular flexibility index (Phi) is 3.62. The SMILES string of the molecule is Cc1ccc(F)c(C(N)c2ccc(C)c(F)c2F)c1. The highest BCUT2D eigenvalue weighted by atomic mass is 19.2. The van der Waals surface area contributed by atoms with Gasteiger partial charge >= 0.3 is 0 Å². The van der Waals surface area contributed by atoms with Gasteiger partial charge in [0.1, 0.15) is 5.82 Å². The van der Waals surface area contributed by atoms with Gasteiger partial charge in [0.15, 0.2) is 11.6 Å². The summed E-state index contributed by atoms with van der Waals surface area (Å²) in [7, 11) is 0. The molecule has 0 fully saturated rings. The lowest BCUT2D eigenvalue weighted by atomic mass is 9.96. The highest BCUT2D eigenvalue weighted by Gasteiger charge is 2.20. The number of aryl methyl sites for hydroxylation is 2. The molecule has 0 saturated heterocycles. The Balaban J connectivity index is 2.53. The van der Waals surface area contributed by atoms with Crippen LogP contribution in [0.3, 0.4) is 0 Å². The lowest BCUT2D eigenvalue weighted by molar-refractivity contribution is 0.487. The molecular formula is C15H14F3N. The average molecular weight is 265 g/mol. The summed E-state index contributed by atoms with van der Waals surface area (Å²) in [6.07, 6.45) is 0. The predicted octanol–water partition coefficient (Wildman–Crippen LogP) is 3.77. The van der Waals surface area contributed by atoms with E-state index in [-0.39, 0.29) is 16.7 Å². The molecule has 0 aliphatic rings. The molecule has 0 amide bonds. The maximum atomic E-state index is 13.9. The van der Waals surface area contributed by atoms with Crippen LogP contribution in [0.1, 0.15) is 28.3 Å². The standard InChI is InChI=1S/C15H14F3N/c1-8-3-6-12(16)11(7-8)15(19)10-5-4-9(2)13(17)14(10)18/h3-7,15H,19H2,1-2H3. The zero-order chi connectivity index (χ0) is 14.2. The molecule has 0 aliphatic carbocycles. The van der Waals surface area contributed by atoms with Crippen molar-refractivity contribution in [3.05, 3.63) is 70.0 Å². The largest absolute Gasteiger partial charge is 0.320 e. The second-order valence-electron chi connectivity index (χ2n) is 4.60. The molecule has 0 aromatic heterocycles. The normalized spacial score (nSPS) is 12.5. The fourth-order valence-corrected chi connectivity index (χ4v) is 1.97. The van der Waals surface area contributed by atoms with Crippen molar-refractivity contribution < 1.29 is 13.2 Å². The molecule has 0 radical (unpaired) electrons. The van der Waals surface area contributed by atoms with E-state index in [4.69, 9.17) is 5.73 Å². The Hall–Kier alpha value is -1.81. The van der Waals surface area contributed by atoms with Gasteiger partial charge in [-0.25, -0.2) is 13.2 Å². The Bertz CT molecular complexity index is 623. The Morgan fingerprint density at radius 3 is 2.26 bits per heavy atom. The lowest BCUT2D eigenvalue weighted by Crippen LogP contribution is -2.16. The highest BCUT2D eigenvalue weighted by molar-refractivity contribution is 5.37. The zero-order valence-corrected chi connectivity index (χ0v) is 10.7. The molecule has 0 heterocycles. The minimum absolute atomic E-state index is 0.0485. The summed E-state index contributed by atoms with van der Waals surface area (Å²) in [4.78, 5) is 0. The van der Waals surface area contributed by atoms with Crippen LogP contribution in [0, 0.1) is 31.3 Å². The van der Waals surface area contributed by atoms with Crippen molar-refractivity contribution in [1.29, 1.82) is 0 Å². The molecule has 19 heavy (non-hydrogen) atoms. The molecule has 0 bridgehead atoms. The number of halogens is 3. The van der Waals surface area contributed by atoms with Crippen LogP contribution in [0.2, 0.25) is 0 Å². The van der Waals surface area contributed by atoms with E-state index in [2.05, 4.69) is 0 Å². The first kappa shape index (κ1) is 13.6. The van der Waals surface area contributed by atoms with Crippen molar-refractivity contribution in [2.45, 2.75) is 19.9 Å². The monoisotopic (exact) mass is 265 g/mol. The molecule has 0 saturated carbocycles. The summed E-state index contributed by atoms with van der Waals surface area (Å²) in [5, 5.41) is 0. The van der Waals surface area contributed by atoms with Crippen molar-refractivity contribution >= 4 is 0 Å². The van der Waals surface area contributed by atoms with Gasteiger partial charge < -0.3 is 5.73 Å². The molecule has 0 spiro atoms.